The van der Waals surface area contributed by atoms with E-state index in [-0.39, 0.29) is 12.3 Å². The van der Waals surface area contributed by atoms with Gasteiger partial charge in [-0.25, -0.2) is 4.98 Å². The van der Waals surface area contributed by atoms with E-state index in [1.165, 1.54) is 0 Å². The number of carbonyl (C=O) groups is 2. The summed E-state index contributed by atoms with van der Waals surface area (Å²) in [5.74, 6) is -0.296. The molecular formula is C25H31ClN2O4Si2. The van der Waals surface area contributed by atoms with Gasteiger partial charge in [0.05, 0.1) is 5.52 Å². The number of benzene rings is 2. The first-order chi connectivity index (χ1) is 15.8. The number of hydrogen-bond acceptors (Lipinski definition) is 5. The summed E-state index contributed by atoms with van der Waals surface area (Å²) >= 11 is 5.95. The Labute approximate surface area is 207 Å². The molecule has 0 saturated heterocycles. The molecule has 1 N–H and O–H groups in total. The monoisotopic (exact) mass is 514 g/mol. The SMILES string of the molecule is C[Si](C)(C)OC(=O)C(Cc1cc(O[Si](C)(C)C)nc2ccccc12)NC(=O)c1ccc(Cl)cc1. The van der Waals surface area contributed by atoms with Crippen molar-refractivity contribution < 1.29 is 18.4 Å². The number of fused-ring (bicyclic) bond motifs is 1. The third-order valence-electron chi connectivity index (χ3n) is 4.72. The molecule has 0 bridgehead atoms. The van der Waals surface area contributed by atoms with Crippen LogP contribution in [0.3, 0.4) is 0 Å². The van der Waals surface area contributed by atoms with Crippen LogP contribution in [0.25, 0.3) is 10.9 Å². The van der Waals surface area contributed by atoms with Crippen molar-refractivity contribution >= 4 is 51.0 Å². The molecule has 0 aliphatic heterocycles. The Morgan fingerprint density at radius 3 is 2.24 bits per heavy atom. The molecule has 0 aliphatic rings. The van der Waals surface area contributed by atoms with Gasteiger partial charge in [-0.1, -0.05) is 29.8 Å². The Hall–Kier alpha value is -2.69. The molecule has 0 fully saturated rings. The molecule has 1 unspecified atom stereocenters. The van der Waals surface area contributed by atoms with E-state index in [0.29, 0.717) is 16.5 Å². The van der Waals surface area contributed by atoms with Crippen LogP contribution in [0.15, 0.2) is 54.6 Å². The van der Waals surface area contributed by atoms with Crippen molar-refractivity contribution in [3.05, 3.63) is 70.7 Å². The van der Waals surface area contributed by atoms with Crippen LogP contribution in [0.2, 0.25) is 44.3 Å². The predicted molar refractivity (Wildman–Crippen MR) is 142 cm³/mol. The summed E-state index contributed by atoms with van der Waals surface area (Å²) in [4.78, 5) is 30.8. The van der Waals surface area contributed by atoms with Crippen LogP contribution in [0, 0.1) is 0 Å². The van der Waals surface area contributed by atoms with E-state index in [1.54, 1.807) is 24.3 Å². The number of nitrogens with one attached hydrogen (secondary N) is 1. The first-order valence-electron chi connectivity index (χ1n) is 11.2. The third-order valence-corrected chi connectivity index (χ3v) is 6.60. The van der Waals surface area contributed by atoms with Gasteiger partial charge in [0, 0.05) is 28.5 Å². The van der Waals surface area contributed by atoms with Crippen LogP contribution in [-0.2, 0) is 15.6 Å². The van der Waals surface area contributed by atoms with Crippen LogP contribution in [0.4, 0.5) is 0 Å². The van der Waals surface area contributed by atoms with Crippen LogP contribution >= 0.6 is 11.6 Å². The van der Waals surface area contributed by atoms with Crippen molar-refractivity contribution in [3.8, 4) is 5.88 Å². The summed E-state index contributed by atoms with van der Waals surface area (Å²) in [5.41, 5.74) is 2.04. The molecule has 0 radical (unpaired) electrons. The standard InChI is InChI=1S/C25H31ClN2O4Si2/c1-33(2,3)31-23-16-18(20-9-7-8-10-21(20)27-23)15-22(25(30)32-34(4,5)6)28-24(29)17-11-13-19(26)14-12-17/h7-14,16,22H,15H2,1-6H3,(H,28,29). The van der Waals surface area contributed by atoms with E-state index >= 15 is 0 Å². The Balaban J connectivity index is 1.98. The molecule has 1 amide bonds. The highest BCUT2D eigenvalue weighted by Crippen LogP contribution is 2.25. The molecule has 0 saturated carbocycles. The van der Waals surface area contributed by atoms with Gasteiger partial charge in [0.2, 0.25) is 16.6 Å². The van der Waals surface area contributed by atoms with Crippen molar-refractivity contribution in [2.24, 2.45) is 0 Å². The number of para-hydroxylation sites is 1. The molecule has 9 heteroatoms. The van der Waals surface area contributed by atoms with Gasteiger partial charge < -0.3 is 14.2 Å². The third kappa shape index (κ3) is 7.41. The molecule has 0 aliphatic carbocycles. The fourth-order valence-corrected chi connectivity index (χ4v) is 4.99. The molecule has 6 nitrogen and oxygen atoms in total. The number of hydrogen-bond donors (Lipinski definition) is 1. The average molecular weight is 515 g/mol. The van der Waals surface area contributed by atoms with Gasteiger partial charge >= 0.3 is 5.97 Å². The van der Waals surface area contributed by atoms with E-state index in [4.69, 9.17) is 20.5 Å². The second-order valence-corrected chi connectivity index (χ2v) is 19.4. The van der Waals surface area contributed by atoms with Gasteiger partial charge in [0.15, 0.2) is 5.88 Å². The smallest absolute Gasteiger partial charge is 0.315 e. The highest BCUT2D eigenvalue weighted by Gasteiger charge is 2.29. The Morgan fingerprint density at radius 2 is 1.62 bits per heavy atom. The fraction of sp³-hybridized carbons (Fsp3) is 0.320. The summed E-state index contributed by atoms with van der Waals surface area (Å²) in [6, 6.07) is 15.2. The highest BCUT2D eigenvalue weighted by atomic mass is 35.5. The van der Waals surface area contributed by atoms with Gasteiger partial charge in [0.25, 0.3) is 5.91 Å². The minimum Gasteiger partial charge on any atom is -0.531 e. The molecule has 0 spiro atoms. The minimum absolute atomic E-state index is 0.244. The molecule has 3 aromatic rings. The normalized spacial score (nSPS) is 12.8. The maximum absolute atomic E-state index is 13.2. The molecule has 3 rings (SSSR count). The van der Waals surface area contributed by atoms with Gasteiger partial charge in [-0.2, -0.15) is 0 Å². The van der Waals surface area contributed by atoms with Crippen molar-refractivity contribution in [2.75, 3.05) is 0 Å². The topological polar surface area (TPSA) is 77.5 Å². The summed E-state index contributed by atoms with van der Waals surface area (Å²) < 4.78 is 11.9. The van der Waals surface area contributed by atoms with Crippen molar-refractivity contribution in [1.29, 1.82) is 0 Å². The van der Waals surface area contributed by atoms with Gasteiger partial charge in [-0.15, -0.1) is 0 Å². The predicted octanol–water partition coefficient (Wildman–Crippen LogP) is 5.82. The zero-order valence-electron chi connectivity index (χ0n) is 20.4. The Morgan fingerprint density at radius 1 is 0.971 bits per heavy atom. The lowest BCUT2D eigenvalue weighted by Crippen LogP contribution is -2.46. The summed E-state index contributed by atoms with van der Waals surface area (Å²) in [6.45, 7) is 12.1. The average Bonchev–Trinajstić information content (AvgIpc) is 2.71. The molecule has 1 aromatic heterocycles. The molecule has 34 heavy (non-hydrogen) atoms. The maximum Gasteiger partial charge on any atom is 0.315 e. The van der Waals surface area contributed by atoms with E-state index < -0.39 is 28.6 Å². The lowest BCUT2D eigenvalue weighted by atomic mass is 10.0. The number of pyridine rings is 1. The van der Waals surface area contributed by atoms with Crippen LogP contribution in [0.5, 0.6) is 5.88 Å². The van der Waals surface area contributed by atoms with E-state index in [9.17, 15) is 9.59 Å². The second kappa shape index (κ2) is 10.3. The van der Waals surface area contributed by atoms with Crippen LogP contribution < -0.4 is 9.74 Å². The summed E-state index contributed by atoms with van der Waals surface area (Å²) in [7, 11) is -4.09. The lowest BCUT2D eigenvalue weighted by molar-refractivity contribution is -0.137. The maximum atomic E-state index is 13.2. The quantitative estimate of drug-likeness (QED) is 0.383. The second-order valence-electron chi connectivity index (χ2n) is 10.1. The van der Waals surface area contributed by atoms with E-state index in [0.717, 1.165) is 16.5 Å². The summed E-state index contributed by atoms with van der Waals surface area (Å²) in [6.07, 6.45) is 0.244. The molecule has 2 aromatic carbocycles. The molecule has 1 atom stereocenters. The Bertz CT molecular complexity index is 1190. The van der Waals surface area contributed by atoms with Crippen molar-refractivity contribution in [3.63, 3.8) is 0 Å². The molecule has 1 heterocycles. The number of carbonyl (C=O) groups excluding carboxylic acids is 2. The molecular weight excluding hydrogens is 484 g/mol. The zero-order valence-corrected chi connectivity index (χ0v) is 23.2. The van der Waals surface area contributed by atoms with Gasteiger partial charge in [-0.05, 0) is 75.2 Å². The highest BCUT2D eigenvalue weighted by molar-refractivity contribution is 6.71. The van der Waals surface area contributed by atoms with Crippen molar-refractivity contribution in [1.82, 2.24) is 10.3 Å². The lowest BCUT2D eigenvalue weighted by Gasteiger charge is -2.25. The van der Waals surface area contributed by atoms with Gasteiger partial charge in [-0.3, -0.25) is 9.59 Å². The zero-order chi connectivity index (χ0) is 25.1. The number of halogens is 1. The minimum atomic E-state index is -2.18. The van der Waals surface area contributed by atoms with Gasteiger partial charge in [0.1, 0.15) is 6.04 Å². The largest absolute Gasteiger partial charge is 0.531 e. The number of rotatable bonds is 8. The van der Waals surface area contributed by atoms with Crippen LogP contribution in [-0.4, -0.2) is 39.5 Å². The number of nitrogens with zero attached hydrogens (tertiary/aromatic N) is 1. The number of aromatic nitrogens is 1. The summed E-state index contributed by atoms with van der Waals surface area (Å²) in [5, 5.41) is 4.30. The molecule has 180 valence electrons. The Kier molecular flexibility index (Phi) is 7.85. The van der Waals surface area contributed by atoms with Crippen molar-refractivity contribution in [2.45, 2.75) is 51.7 Å². The first-order valence-corrected chi connectivity index (χ1v) is 18.4. The van der Waals surface area contributed by atoms with E-state index in [1.807, 2.05) is 50.0 Å². The van der Waals surface area contributed by atoms with Crippen LogP contribution in [0.1, 0.15) is 15.9 Å². The van der Waals surface area contributed by atoms with E-state index in [2.05, 4.69) is 29.9 Å². The fourth-order valence-electron chi connectivity index (χ4n) is 3.38. The number of amides is 1. The first kappa shape index (κ1) is 25.9.